The second-order valence-corrected chi connectivity index (χ2v) is 3.89. The molecule has 0 saturated carbocycles. The molecule has 3 heterocycles. The van der Waals surface area contributed by atoms with Gasteiger partial charge in [0.25, 0.3) is 5.95 Å². The first-order valence-corrected chi connectivity index (χ1v) is 5.69. The molecule has 0 amide bonds. The number of anilines is 1. The van der Waals surface area contributed by atoms with Crippen molar-refractivity contribution in [3.8, 4) is 17.3 Å². The second-order valence-electron chi connectivity index (χ2n) is 3.89. The van der Waals surface area contributed by atoms with E-state index in [1.165, 1.54) is 0 Å². The van der Waals surface area contributed by atoms with Gasteiger partial charge in [0.15, 0.2) is 5.82 Å². The van der Waals surface area contributed by atoms with Crippen LogP contribution in [0.3, 0.4) is 0 Å². The molecule has 0 aliphatic carbocycles. The van der Waals surface area contributed by atoms with Crippen LogP contribution >= 0.6 is 0 Å². The Kier molecular flexibility index (Phi) is 2.67. The highest BCUT2D eigenvalue weighted by molar-refractivity contribution is 5.54. The number of hydrogen-bond donors (Lipinski definition) is 1. The molecule has 3 aromatic heterocycles. The van der Waals surface area contributed by atoms with E-state index < -0.39 is 0 Å². The molecular formula is C11H12N8. The van der Waals surface area contributed by atoms with Gasteiger partial charge >= 0.3 is 0 Å². The molecule has 0 aromatic carbocycles. The highest BCUT2D eigenvalue weighted by atomic mass is 15.4. The molecule has 3 rings (SSSR count). The first kappa shape index (κ1) is 11.3. The van der Waals surface area contributed by atoms with E-state index in [2.05, 4.69) is 30.5 Å². The Labute approximate surface area is 109 Å². The Hall–Kier alpha value is -2.77. The molecule has 1 N–H and O–H groups in total. The summed E-state index contributed by atoms with van der Waals surface area (Å²) >= 11 is 0. The van der Waals surface area contributed by atoms with Gasteiger partial charge < -0.3 is 5.32 Å². The van der Waals surface area contributed by atoms with Gasteiger partial charge in [0.05, 0.1) is 11.8 Å². The van der Waals surface area contributed by atoms with Gasteiger partial charge in [-0.25, -0.2) is 4.68 Å². The van der Waals surface area contributed by atoms with Gasteiger partial charge in [-0.1, -0.05) is 0 Å². The van der Waals surface area contributed by atoms with Crippen molar-refractivity contribution in [1.82, 2.24) is 34.5 Å². The Morgan fingerprint density at radius 2 is 2.05 bits per heavy atom. The minimum absolute atomic E-state index is 0.461. The van der Waals surface area contributed by atoms with Gasteiger partial charge in [0, 0.05) is 32.7 Å². The van der Waals surface area contributed by atoms with Crippen LogP contribution in [0.5, 0.6) is 0 Å². The number of aryl methyl sites for hydroxylation is 1. The lowest BCUT2D eigenvalue weighted by Crippen LogP contribution is -2.08. The average molecular weight is 256 g/mol. The van der Waals surface area contributed by atoms with E-state index in [1.54, 1.807) is 35.0 Å². The summed E-state index contributed by atoms with van der Waals surface area (Å²) in [7, 11) is 3.60. The Bertz CT molecular complexity index is 685. The molecular weight excluding hydrogens is 244 g/mol. The second kappa shape index (κ2) is 4.48. The summed E-state index contributed by atoms with van der Waals surface area (Å²) in [5.74, 6) is 1.50. The SMILES string of the molecule is CNc1nc(-c2cnn(C)c2)nc(-n2cccn2)n1. The maximum Gasteiger partial charge on any atom is 0.255 e. The smallest absolute Gasteiger partial charge is 0.255 e. The number of hydrogen-bond acceptors (Lipinski definition) is 6. The van der Waals surface area contributed by atoms with E-state index in [0.29, 0.717) is 17.7 Å². The predicted octanol–water partition coefficient (Wildman–Crippen LogP) is 0.499. The Morgan fingerprint density at radius 3 is 2.68 bits per heavy atom. The van der Waals surface area contributed by atoms with Crippen molar-refractivity contribution in [3.63, 3.8) is 0 Å². The molecule has 0 bridgehead atoms. The third-order valence-electron chi connectivity index (χ3n) is 2.52. The number of rotatable bonds is 3. The highest BCUT2D eigenvalue weighted by Gasteiger charge is 2.10. The summed E-state index contributed by atoms with van der Waals surface area (Å²) in [6.45, 7) is 0. The van der Waals surface area contributed by atoms with Crippen LogP contribution in [-0.2, 0) is 7.05 Å². The summed E-state index contributed by atoms with van der Waals surface area (Å²) in [5.41, 5.74) is 0.829. The zero-order valence-electron chi connectivity index (χ0n) is 10.5. The quantitative estimate of drug-likeness (QED) is 0.734. The standard InChI is InChI=1S/C11H12N8/c1-12-10-15-9(8-6-14-18(2)7-8)16-11(17-10)19-5-3-4-13-19/h3-7H,1-2H3,(H,12,15,16,17). The fraction of sp³-hybridized carbons (Fsp3) is 0.182. The van der Waals surface area contributed by atoms with Crippen LogP contribution in [0.2, 0.25) is 0 Å². The third-order valence-corrected chi connectivity index (χ3v) is 2.52. The number of aromatic nitrogens is 7. The van der Waals surface area contributed by atoms with E-state index in [0.717, 1.165) is 5.56 Å². The van der Waals surface area contributed by atoms with Gasteiger partial charge in [-0.3, -0.25) is 4.68 Å². The largest absolute Gasteiger partial charge is 0.357 e. The monoisotopic (exact) mass is 256 g/mol. The van der Waals surface area contributed by atoms with Gasteiger partial charge in [-0.2, -0.15) is 25.1 Å². The number of nitrogens with one attached hydrogen (secondary N) is 1. The summed E-state index contributed by atoms with van der Waals surface area (Å²) < 4.78 is 3.29. The van der Waals surface area contributed by atoms with Crippen LogP contribution in [0.1, 0.15) is 0 Å². The van der Waals surface area contributed by atoms with Crippen molar-refractivity contribution in [3.05, 3.63) is 30.9 Å². The maximum absolute atomic E-state index is 4.39. The first-order chi connectivity index (χ1) is 9.26. The Balaban J connectivity index is 2.12. The summed E-state index contributed by atoms with van der Waals surface area (Å²) in [6.07, 6.45) is 7.01. The number of nitrogens with zero attached hydrogens (tertiary/aromatic N) is 7. The summed E-state index contributed by atoms with van der Waals surface area (Å²) in [4.78, 5) is 13.0. The van der Waals surface area contributed by atoms with Crippen molar-refractivity contribution >= 4 is 5.95 Å². The average Bonchev–Trinajstić information content (AvgIpc) is 3.09. The van der Waals surface area contributed by atoms with Crippen molar-refractivity contribution in [2.45, 2.75) is 0 Å². The minimum Gasteiger partial charge on any atom is -0.357 e. The molecule has 96 valence electrons. The van der Waals surface area contributed by atoms with Gasteiger partial charge in [0.2, 0.25) is 5.95 Å². The topological polar surface area (TPSA) is 86.3 Å². The molecule has 0 aliphatic heterocycles. The van der Waals surface area contributed by atoms with Gasteiger partial charge in [-0.15, -0.1) is 0 Å². The van der Waals surface area contributed by atoms with Crippen LogP contribution in [0, 0.1) is 0 Å². The lowest BCUT2D eigenvalue weighted by molar-refractivity contribution is 0.767. The Morgan fingerprint density at radius 1 is 1.16 bits per heavy atom. The van der Waals surface area contributed by atoms with Gasteiger partial charge in [0.1, 0.15) is 0 Å². The molecule has 0 radical (unpaired) electrons. The van der Waals surface area contributed by atoms with E-state index >= 15 is 0 Å². The normalized spacial score (nSPS) is 10.6. The van der Waals surface area contributed by atoms with Crippen LogP contribution in [0.25, 0.3) is 17.3 Å². The molecule has 19 heavy (non-hydrogen) atoms. The first-order valence-electron chi connectivity index (χ1n) is 5.69. The molecule has 0 atom stereocenters. The highest BCUT2D eigenvalue weighted by Crippen LogP contribution is 2.16. The van der Waals surface area contributed by atoms with Crippen LogP contribution in [-0.4, -0.2) is 41.6 Å². The van der Waals surface area contributed by atoms with Crippen molar-refractivity contribution in [1.29, 1.82) is 0 Å². The fourth-order valence-electron chi connectivity index (χ4n) is 1.63. The van der Waals surface area contributed by atoms with Crippen molar-refractivity contribution in [2.75, 3.05) is 12.4 Å². The third kappa shape index (κ3) is 2.15. The molecule has 0 fully saturated rings. The molecule has 0 saturated heterocycles. The summed E-state index contributed by atoms with van der Waals surface area (Å²) in [6, 6.07) is 1.81. The van der Waals surface area contributed by atoms with E-state index in [-0.39, 0.29) is 0 Å². The zero-order chi connectivity index (χ0) is 13.2. The molecule has 3 aromatic rings. The molecule has 0 spiro atoms. The van der Waals surface area contributed by atoms with E-state index in [9.17, 15) is 0 Å². The molecule has 0 unspecified atom stereocenters. The summed E-state index contributed by atoms with van der Waals surface area (Å²) in [5, 5.41) is 11.1. The van der Waals surface area contributed by atoms with E-state index in [4.69, 9.17) is 0 Å². The molecule has 8 heteroatoms. The van der Waals surface area contributed by atoms with E-state index in [1.807, 2.05) is 19.3 Å². The zero-order valence-corrected chi connectivity index (χ0v) is 10.5. The van der Waals surface area contributed by atoms with Crippen LogP contribution in [0.15, 0.2) is 30.9 Å². The lowest BCUT2D eigenvalue weighted by atomic mass is 10.3. The molecule has 8 nitrogen and oxygen atoms in total. The minimum atomic E-state index is 0.461. The van der Waals surface area contributed by atoms with Crippen molar-refractivity contribution in [2.24, 2.45) is 7.05 Å². The van der Waals surface area contributed by atoms with Crippen molar-refractivity contribution < 1.29 is 0 Å². The van der Waals surface area contributed by atoms with Crippen LogP contribution < -0.4 is 5.32 Å². The maximum atomic E-state index is 4.39. The fourth-order valence-corrected chi connectivity index (χ4v) is 1.63. The van der Waals surface area contributed by atoms with Gasteiger partial charge in [-0.05, 0) is 6.07 Å². The molecule has 0 aliphatic rings. The van der Waals surface area contributed by atoms with Crippen LogP contribution in [0.4, 0.5) is 5.95 Å². The predicted molar refractivity (Wildman–Crippen MR) is 68.7 cm³/mol. The lowest BCUT2D eigenvalue weighted by Gasteiger charge is -2.05.